The summed E-state index contributed by atoms with van der Waals surface area (Å²) in [6, 6.07) is 1.45. The van der Waals surface area contributed by atoms with Gasteiger partial charge in [-0.2, -0.15) is 0 Å². The van der Waals surface area contributed by atoms with Gasteiger partial charge in [-0.1, -0.05) is 18.2 Å². The summed E-state index contributed by atoms with van der Waals surface area (Å²) in [6.45, 7) is 2.58. The Bertz CT molecular complexity index is 1670. The molecule has 8 nitrogen and oxygen atoms in total. The van der Waals surface area contributed by atoms with Crippen LogP contribution in [0.15, 0.2) is 29.2 Å². The molecular formula is C27H31F4N5O3S. The first kappa shape index (κ1) is 27.0. The van der Waals surface area contributed by atoms with E-state index in [1.807, 2.05) is 0 Å². The van der Waals surface area contributed by atoms with Gasteiger partial charge in [0.15, 0.2) is 0 Å². The third-order valence-electron chi connectivity index (χ3n) is 7.89. The van der Waals surface area contributed by atoms with E-state index < -0.39 is 56.7 Å². The van der Waals surface area contributed by atoms with Crippen LogP contribution in [-0.4, -0.2) is 54.2 Å². The zero-order valence-corrected chi connectivity index (χ0v) is 23.2. The van der Waals surface area contributed by atoms with Crippen molar-refractivity contribution in [2.24, 2.45) is 0 Å². The molecule has 2 fully saturated rings. The number of aryl methyl sites for hydroxylation is 1. The molecule has 0 amide bonds. The highest BCUT2D eigenvalue weighted by Crippen LogP contribution is 2.44. The van der Waals surface area contributed by atoms with E-state index in [-0.39, 0.29) is 46.9 Å². The van der Waals surface area contributed by atoms with Gasteiger partial charge in [-0.3, -0.25) is 4.79 Å². The van der Waals surface area contributed by atoms with Crippen molar-refractivity contribution < 1.29 is 27.4 Å². The second kappa shape index (κ2) is 10.3. The first-order valence-corrected chi connectivity index (χ1v) is 14.9. The lowest BCUT2D eigenvalue weighted by Crippen LogP contribution is -2.43. The van der Waals surface area contributed by atoms with E-state index in [0.717, 1.165) is 6.07 Å². The maximum atomic E-state index is 15.1. The van der Waals surface area contributed by atoms with Gasteiger partial charge in [0, 0.05) is 31.1 Å². The first-order chi connectivity index (χ1) is 19.2. The summed E-state index contributed by atoms with van der Waals surface area (Å²) in [7, 11) is -3.28. The lowest BCUT2D eigenvalue weighted by molar-refractivity contribution is 0.146. The van der Waals surface area contributed by atoms with Gasteiger partial charge in [0.05, 0.1) is 29.1 Å². The van der Waals surface area contributed by atoms with E-state index in [4.69, 9.17) is 1.37 Å². The molecule has 1 aliphatic heterocycles. The van der Waals surface area contributed by atoms with Gasteiger partial charge < -0.3 is 14.8 Å². The van der Waals surface area contributed by atoms with Gasteiger partial charge in [-0.05, 0) is 39.5 Å². The molecule has 2 aliphatic rings. The predicted octanol–water partition coefficient (Wildman–Crippen LogP) is 4.82. The Morgan fingerprint density at radius 3 is 2.42 bits per heavy atom. The number of alkyl halides is 3. The van der Waals surface area contributed by atoms with Crippen LogP contribution in [0, 0.1) is 12.7 Å². The maximum absolute atomic E-state index is 15.1. The van der Waals surface area contributed by atoms with Crippen LogP contribution >= 0.6 is 0 Å². The zero-order valence-electron chi connectivity index (χ0n) is 23.3. The summed E-state index contributed by atoms with van der Waals surface area (Å²) < 4.78 is 90.5. The normalized spacial score (nSPS) is 19.5. The first-order valence-electron chi connectivity index (χ1n) is 13.5. The number of halogens is 4. The molecule has 0 radical (unpaired) electrons. The van der Waals surface area contributed by atoms with Gasteiger partial charge in [-0.15, -0.1) is 0 Å². The minimum absolute atomic E-state index is 0.0440. The summed E-state index contributed by atoms with van der Waals surface area (Å²) in [6.07, 6.45) is 0.991. The summed E-state index contributed by atoms with van der Waals surface area (Å²) in [5.74, 6) is -0.959. The minimum Gasteiger partial charge on any atom is -0.365 e. The van der Waals surface area contributed by atoms with Gasteiger partial charge in [0.1, 0.15) is 45.2 Å². The molecule has 3 aromatic rings. The third-order valence-corrected chi connectivity index (χ3v) is 9.57. The Labute approximate surface area is 230 Å². The molecule has 3 heterocycles. The predicted molar refractivity (Wildman–Crippen MR) is 145 cm³/mol. The van der Waals surface area contributed by atoms with Crippen molar-refractivity contribution in [1.82, 2.24) is 14.5 Å². The van der Waals surface area contributed by atoms with Crippen LogP contribution in [0.4, 0.5) is 29.1 Å². The van der Waals surface area contributed by atoms with Crippen LogP contribution in [0.2, 0.25) is 0 Å². The minimum atomic E-state index is -3.28. The molecule has 13 heteroatoms. The molecular weight excluding hydrogens is 550 g/mol. The SMILES string of the molecule is [2H][C@](C)(Nc1nc(C)nc2c(N3CCC(S(C)(=O)=O)CC3)c(=O)n(C3(CF)CC3)cc12)c1cccc(C(F)F)c1F. The van der Waals surface area contributed by atoms with Gasteiger partial charge >= 0.3 is 0 Å². The Morgan fingerprint density at radius 1 is 1.20 bits per heavy atom. The Morgan fingerprint density at radius 2 is 1.85 bits per heavy atom. The number of benzene rings is 1. The van der Waals surface area contributed by atoms with Crippen molar-refractivity contribution in [3.05, 3.63) is 57.5 Å². The molecule has 0 spiro atoms. The molecule has 1 aromatic carbocycles. The van der Waals surface area contributed by atoms with E-state index in [2.05, 4.69) is 15.3 Å². The van der Waals surface area contributed by atoms with E-state index in [1.165, 1.54) is 36.1 Å². The third kappa shape index (κ3) is 5.04. The van der Waals surface area contributed by atoms with Gasteiger partial charge in [-0.25, -0.2) is 35.9 Å². The number of hydrogen-bond donors (Lipinski definition) is 1. The second-order valence-electron chi connectivity index (χ2n) is 10.7. The number of fused-ring (bicyclic) bond motifs is 1. The fraction of sp³-hybridized carbons (Fsp3) is 0.519. The molecule has 1 N–H and O–H groups in total. The van der Waals surface area contributed by atoms with Gasteiger partial charge in [0.25, 0.3) is 12.0 Å². The summed E-state index contributed by atoms with van der Waals surface area (Å²) in [5, 5.41) is 2.56. The molecule has 5 rings (SSSR count). The largest absolute Gasteiger partial charge is 0.365 e. The standard InChI is InChI=1S/C27H31F4N5O3S/c1-15(18-5-4-6-19(21(18)29)24(30)31)32-25-20-13-36(27(14-28)9-10-27)26(37)23(22(20)33-16(2)34-25)35-11-7-17(8-12-35)40(3,38)39/h4-6,13,15,17,24H,7-12,14H2,1-3H3,(H,32,33,34)/t15-/m1/s1/i15D. The van der Waals surface area contributed by atoms with Crippen LogP contribution in [0.3, 0.4) is 0 Å². The zero-order chi connectivity index (χ0) is 29.9. The average Bonchev–Trinajstić information content (AvgIpc) is 3.69. The number of rotatable bonds is 8. The summed E-state index contributed by atoms with van der Waals surface area (Å²) in [4.78, 5) is 24.6. The lowest BCUT2D eigenvalue weighted by atomic mass is 10.0. The van der Waals surface area contributed by atoms with Crippen molar-refractivity contribution in [1.29, 1.82) is 0 Å². The maximum Gasteiger partial charge on any atom is 0.276 e. The molecule has 1 aliphatic carbocycles. The number of hydrogen-bond acceptors (Lipinski definition) is 7. The van der Waals surface area contributed by atoms with Crippen molar-refractivity contribution >= 4 is 32.2 Å². The second-order valence-corrected chi connectivity index (χ2v) is 13.0. The molecule has 1 atom stereocenters. The topological polar surface area (TPSA) is 97.2 Å². The summed E-state index contributed by atoms with van der Waals surface area (Å²) in [5.41, 5.74) is -2.31. The Hall–Kier alpha value is -3.22. The van der Waals surface area contributed by atoms with E-state index in [0.29, 0.717) is 25.7 Å². The van der Waals surface area contributed by atoms with Crippen LogP contribution < -0.4 is 15.8 Å². The molecule has 1 saturated heterocycles. The van der Waals surface area contributed by atoms with Crippen LogP contribution in [-0.2, 0) is 15.4 Å². The van der Waals surface area contributed by atoms with Gasteiger partial charge in [0.2, 0.25) is 0 Å². The van der Waals surface area contributed by atoms with Crippen molar-refractivity contribution in [3.8, 4) is 0 Å². The van der Waals surface area contributed by atoms with Crippen LogP contribution in [0.5, 0.6) is 0 Å². The monoisotopic (exact) mass is 582 g/mol. The Kier molecular flexibility index (Phi) is 6.96. The highest BCUT2D eigenvalue weighted by Gasteiger charge is 2.46. The fourth-order valence-electron chi connectivity index (χ4n) is 5.36. The van der Waals surface area contributed by atoms with E-state index in [1.54, 1.807) is 11.8 Å². The van der Waals surface area contributed by atoms with Crippen LogP contribution in [0.1, 0.15) is 63.4 Å². The average molecular weight is 583 g/mol. The van der Waals surface area contributed by atoms with E-state index in [9.17, 15) is 26.4 Å². The number of nitrogens with zero attached hydrogens (tertiary/aromatic N) is 4. The quantitative estimate of drug-likeness (QED) is 0.381. The summed E-state index contributed by atoms with van der Waals surface area (Å²) >= 11 is 0. The van der Waals surface area contributed by atoms with Crippen molar-refractivity contribution in [2.75, 3.05) is 36.2 Å². The number of anilines is 2. The number of piperidine rings is 1. The molecule has 2 aromatic heterocycles. The molecule has 0 bridgehead atoms. The molecule has 40 heavy (non-hydrogen) atoms. The Balaban J connectivity index is 1.67. The molecule has 216 valence electrons. The fourth-order valence-corrected chi connectivity index (χ4v) is 6.43. The smallest absolute Gasteiger partial charge is 0.276 e. The molecule has 1 saturated carbocycles. The van der Waals surface area contributed by atoms with Crippen molar-refractivity contribution in [3.63, 3.8) is 0 Å². The highest BCUT2D eigenvalue weighted by molar-refractivity contribution is 7.91. The number of sulfone groups is 1. The number of aromatic nitrogens is 3. The lowest BCUT2D eigenvalue weighted by Gasteiger charge is -2.33. The van der Waals surface area contributed by atoms with Crippen molar-refractivity contribution in [2.45, 2.75) is 62.8 Å². The molecule has 0 unspecified atom stereocenters. The number of nitrogens with one attached hydrogen (secondary N) is 1. The highest BCUT2D eigenvalue weighted by atomic mass is 32.2. The van der Waals surface area contributed by atoms with E-state index >= 15 is 4.39 Å². The van der Waals surface area contributed by atoms with Crippen LogP contribution in [0.25, 0.3) is 10.9 Å². The number of pyridine rings is 1.